The zero-order valence-electron chi connectivity index (χ0n) is 16.7. The van der Waals surface area contributed by atoms with Gasteiger partial charge in [0.25, 0.3) is 0 Å². The van der Waals surface area contributed by atoms with Crippen LogP contribution in [0.25, 0.3) is 6.08 Å². The maximum absolute atomic E-state index is 13.4. The summed E-state index contributed by atoms with van der Waals surface area (Å²) in [4.78, 5) is 22.7. The predicted octanol–water partition coefficient (Wildman–Crippen LogP) is 4.82. The molecule has 0 aliphatic rings. The molecular weight excluding hydrogens is 409 g/mol. The molecule has 8 nitrogen and oxygen atoms in total. The number of ether oxygens (including phenoxy) is 3. The first-order valence-electron chi connectivity index (χ1n) is 9.01. The molecule has 3 rings (SSSR count). The Morgan fingerprint density at radius 3 is 2.55 bits per heavy atom. The van der Waals surface area contributed by atoms with Gasteiger partial charge in [-0.1, -0.05) is 0 Å². The van der Waals surface area contributed by atoms with Gasteiger partial charge in [-0.15, -0.1) is 0 Å². The molecule has 0 saturated carbocycles. The van der Waals surface area contributed by atoms with E-state index in [2.05, 4.69) is 0 Å². The Morgan fingerprint density at radius 2 is 1.84 bits per heavy atom. The zero-order valence-corrected chi connectivity index (χ0v) is 16.7. The molecule has 0 aliphatic heterocycles. The Balaban J connectivity index is 1.66. The largest absolute Gasteiger partial charge is 0.493 e. The van der Waals surface area contributed by atoms with E-state index in [9.17, 15) is 19.3 Å². The van der Waals surface area contributed by atoms with Gasteiger partial charge in [0.15, 0.2) is 23.0 Å². The van der Waals surface area contributed by atoms with Crippen molar-refractivity contribution < 1.29 is 32.7 Å². The van der Waals surface area contributed by atoms with Crippen molar-refractivity contribution in [1.29, 1.82) is 0 Å². The standard InChI is InChI=1S/C22H18FNO7/c1-28-20-10-3-14(11-22(20)29-2)19(25)9-7-16-5-6-17(31-16)13-30-21-12-15(23)4-8-18(21)24(26)27/h3-12H,13H2,1-2H3/b9-7+. The Kier molecular flexibility index (Phi) is 6.66. The number of furan rings is 1. The Labute approximate surface area is 176 Å². The summed E-state index contributed by atoms with van der Waals surface area (Å²) in [6.07, 6.45) is 2.81. The smallest absolute Gasteiger partial charge is 0.311 e. The van der Waals surface area contributed by atoms with Crippen LogP contribution in [0.1, 0.15) is 21.9 Å². The molecule has 0 aliphatic carbocycles. The SMILES string of the molecule is COc1ccc(C(=O)/C=C/c2ccc(COc3cc(F)ccc3[N+](=O)[O-])o2)cc1OC. The third-order valence-corrected chi connectivity index (χ3v) is 4.24. The second-order valence-corrected chi connectivity index (χ2v) is 6.23. The first kappa shape index (κ1) is 21.6. The monoisotopic (exact) mass is 427 g/mol. The van der Waals surface area contributed by atoms with Crippen molar-refractivity contribution in [3.05, 3.63) is 87.6 Å². The normalized spacial score (nSPS) is 10.8. The molecule has 160 valence electrons. The lowest BCUT2D eigenvalue weighted by Crippen LogP contribution is -1.99. The van der Waals surface area contributed by atoms with E-state index in [-0.39, 0.29) is 23.8 Å². The molecule has 0 spiro atoms. The van der Waals surface area contributed by atoms with E-state index in [1.54, 1.807) is 30.3 Å². The molecule has 31 heavy (non-hydrogen) atoms. The van der Waals surface area contributed by atoms with Crippen LogP contribution >= 0.6 is 0 Å². The fourth-order valence-electron chi connectivity index (χ4n) is 2.71. The van der Waals surface area contributed by atoms with Crippen LogP contribution in [0.2, 0.25) is 0 Å². The molecule has 0 N–H and O–H groups in total. The van der Waals surface area contributed by atoms with E-state index < -0.39 is 10.7 Å². The van der Waals surface area contributed by atoms with Crippen LogP contribution in [0.15, 0.2) is 59.0 Å². The fourth-order valence-corrected chi connectivity index (χ4v) is 2.71. The number of allylic oxidation sites excluding steroid dienone is 1. The molecule has 3 aromatic rings. The van der Waals surface area contributed by atoms with Gasteiger partial charge in [-0.25, -0.2) is 4.39 Å². The molecule has 0 amide bonds. The number of carbonyl (C=O) groups is 1. The van der Waals surface area contributed by atoms with Crippen LogP contribution in [-0.2, 0) is 6.61 Å². The van der Waals surface area contributed by atoms with Gasteiger partial charge in [0.05, 0.1) is 19.1 Å². The van der Waals surface area contributed by atoms with Gasteiger partial charge in [-0.3, -0.25) is 14.9 Å². The minimum Gasteiger partial charge on any atom is -0.493 e. The second-order valence-electron chi connectivity index (χ2n) is 6.23. The summed E-state index contributed by atoms with van der Waals surface area (Å²) in [7, 11) is 2.98. The minimum absolute atomic E-state index is 0.151. The van der Waals surface area contributed by atoms with Gasteiger partial charge in [0.2, 0.25) is 0 Å². The first-order chi connectivity index (χ1) is 14.9. The molecule has 9 heteroatoms. The summed E-state index contributed by atoms with van der Waals surface area (Å²) in [5.74, 6) is 0.533. The van der Waals surface area contributed by atoms with E-state index >= 15 is 0 Å². The molecule has 2 aromatic carbocycles. The molecule has 0 bridgehead atoms. The zero-order chi connectivity index (χ0) is 22.4. The summed E-state index contributed by atoms with van der Waals surface area (Å²) >= 11 is 0. The van der Waals surface area contributed by atoms with Crippen molar-refractivity contribution in [2.45, 2.75) is 6.61 Å². The molecular formula is C22H18FNO7. The molecule has 1 heterocycles. The highest BCUT2D eigenvalue weighted by atomic mass is 19.1. The number of methoxy groups -OCH3 is 2. The van der Waals surface area contributed by atoms with E-state index in [1.807, 2.05) is 0 Å². The summed E-state index contributed by atoms with van der Waals surface area (Å²) in [5, 5.41) is 11.0. The number of nitro benzene ring substituents is 1. The second kappa shape index (κ2) is 9.57. The Morgan fingerprint density at radius 1 is 1.06 bits per heavy atom. The molecule has 0 atom stereocenters. The number of hydrogen-bond donors (Lipinski definition) is 0. The third-order valence-electron chi connectivity index (χ3n) is 4.24. The van der Waals surface area contributed by atoms with E-state index in [0.29, 0.717) is 28.6 Å². The molecule has 0 fully saturated rings. The van der Waals surface area contributed by atoms with Crippen LogP contribution in [-0.4, -0.2) is 24.9 Å². The van der Waals surface area contributed by atoms with E-state index in [1.165, 1.54) is 26.4 Å². The predicted molar refractivity (Wildman–Crippen MR) is 109 cm³/mol. The number of carbonyl (C=O) groups excluding carboxylic acids is 1. The van der Waals surface area contributed by atoms with Crippen LogP contribution in [0.3, 0.4) is 0 Å². The van der Waals surface area contributed by atoms with Crippen LogP contribution < -0.4 is 14.2 Å². The number of ketones is 1. The van der Waals surface area contributed by atoms with Gasteiger partial charge >= 0.3 is 5.69 Å². The van der Waals surface area contributed by atoms with Crippen molar-refractivity contribution in [3.8, 4) is 17.2 Å². The highest BCUT2D eigenvalue weighted by molar-refractivity contribution is 6.07. The topological polar surface area (TPSA) is 101 Å². The van der Waals surface area contributed by atoms with Gasteiger partial charge in [0.1, 0.15) is 23.9 Å². The summed E-state index contributed by atoms with van der Waals surface area (Å²) in [5.41, 5.74) is 0.0519. The van der Waals surface area contributed by atoms with Crippen molar-refractivity contribution >= 4 is 17.5 Å². The van der Waals surface area contributed by atoms with Crippen molar-refractivity contribution in [2.24, 2.45) is 0 Å². The van der Waals surface area contributed by atoms with Crippen LogP contribution in [0, 0.1) is 15.9 Å². The van der Waals surface area contributed by atoms with E-state index in [0.717, 1.165) is 18.2 Å². The van der Waals surface area contributed by atoms with Crippen molar-refractivity contribution in [2.75, 3.05) is 14.2 Å². The average molecular weight is 427 g/mol. The first-order valence-corrected chi connectivity index (χ1v) is 9.01. The fraction of sp³-hybridized carbons (Fsp3) is 0.136. The average Bonchev–Trinajstić information content (AvgIpc) is 3.23. The third kappa shape index (κ3) is 5.27. The van der Waals surface area contributed by atoms with E-state index in [4.69, 9.17) is 18.6 Å². The summed E-state index contributed by atoms with van der Waals surface area (Å²) in [6.45, 7) is -0.151. The maximum atomic E-state index is 13.4. The van der Waals surface area contributed by atoms with Crippen molar-refractivity contribution in [1.82, 2.24) is 0 Å². The van der Waals surface area contributed by atoms with Crippen molar-refractivity contribution in [3.63, 3.8) is 0 Å². The lowest BCUT2D eigenvalue weighted by molar-refractivity contribution is -0.386. The van der Waals surface area contributed by atoms with Gasteiger partial charge in [-0.2, -0.15) is 0 Å². The van der Waals surface area contributed by atoms with Crippen LogP contribution in [0.5, 0.6) is 17.2 Å². The summed E-state index contributed by atoms with van der Waals surface area (Å²) < 4.78 is 34.6. The minimum atomic E-state index is -0.662. The number of benzene rings is 2. The summed E-state index contributed by atoms with van der Waals surface area (Å²) in [6, 6.07) is 11.0. The van der Waals surface area contributed by atoms with Gasteiger partial charge in [-0.05, 0) is 48.6 Å². The van der Waals surface area contributed by atoms with Gasteiger partial charge in [0, 0.05) is 17.7 Å². The molecule has 0 radical (unpaired) electrons. The molecule has 0 saturated heterocycles. The number of nitro groups is 1. The number of nitrogens with zero attached hydrogens (tertiary/aromatic N) is 1. The quantitative estimate of drug-likeness (QED) is 0.209. The maximum Gasteiger partial charge on any atom is 0.311 e. The Bertz CT molecular complexity index is 1140. The van der Waals surface area contributed by atoms with Crippen LogP contribution in [0.4, 0.5) is 10.1 Å². The highest BCUT2D eigenvalue weighted by Gasteiger charge is 2.16. The highest BCUT2D eigenvalue weighted by Crippen LogP contribution is 2.29. The Hall–Kier alpha value is -4.14. The van der Waals surface area contributed by atoms with Gasteiger partial charge < -0.3 is 18.6 Å². The number of hydrogen-bond acceptors (Lipinski definition) is 7. The lowest BCUT2D eigenvalue weighted by Gasteiger charge is -2.07. The molecule has 0 unspecified atom stereocenters. The lowest BCUT2D eigenvalue weighted by atomic mass is 10.1. The number of halogens is 1. The number of rotatable bonds is 9. The molecule has 1 aromatic heterocycles.